The van der Waals surface area contributed by atoms with Gasteiger partial charge in [-0.05, 0) is 61.1 Å². The van der Waals surface area contributed by atoms with Crippen molar-refractivity contribution in [1.29, 1.82) is 0 Å². The predicted molar refractivity (Wildman–Crippen MR) is 138 cm³/mol. The molecule has 1 fully saturated rings. The molecule has 0 bridgehead atoms. The Bertz CT molecular complexity index is 1100. The summed E-state index contributed by atoms with van der Waals surface area (Å²) in [6, 6.07) is 17.8. The van der Waals surface area contributed by atoms with Gasteiger partial charge in [-0.2, -0.15) is 0 Å². The summed E-state index contributed by atoms with van der Waals surface area (Å²) in [6.07, 6.45) is 6.69. The summed E-state index contributed by atoms with van der Waals surface area (Å²) in [7, 11) is 3.45. The molecule has 1 saturated heterocycles. The van der Waals surface area contributed by atoms with Gasteiger partial charge >= 0.3 is 0 Å². The van der Waals surface area contributed by atoms with Crippen molar-refractivity contribution in [3.63, 3.8) is 0 Å². The van der Waals surface area contributed by atoms with E-state index in [9.17, 15) is 0 Å². The molecular formula is C28H33N3O2S. The molecule has 0 spiro atoms. The van der Waals surface area contributed by atoms with Crippen molar-refractivity contribution in [2.45, 2.75) is 42.8 Å². The number of hydrogen-bond donors (Lipinski definition) is 0. The maximum Gasteiger partial charge on any atom is 0.187 e. The third-order valence-corrected chi connectivity index (χ3v) is 7.91. The summed E-state index contributed by atoms with van der Waals surface area (Å²) < 4.78 is 10.7. The lowest BCUT2D eigenvalue weighted by molar-refractivity contribution is 0.151. The van der Waals surface area contributed by atoms with Gasteiger partial charge in [-0.25, -0.2) is 9.97 Å². The van der Waals surface area contributed by atoms with Crippen molar-refractivity contribution in [2.75, 3.05) is 39.7 Å². The minimum atomic E-state index is 0.392. The van der Waals surface area contributed by atoms with E-state index in [1.165, 1.54) is 29.8 Å². The fourth-order valence-electron chi connectivity index (χ4n) is 5.34. The van der Waals surface area contributed by atoms with Crippen LogP contribution < -0.4 is 4.74 Å². The summed E-state index contributed by atoms with van der Waals surface area (Å²) >= 11 is 1.67. The Morgan fingerprint density at radius 2 is 1.88 bits per heavy atom. The standard InChI is InChI=1S/C28H33N3O2S/c1-32-13-14-34-28-29-18-26(22-9-5-11-25(17-22)33-2)27(30-28)23-10-6-12-31(19-23)24-15-20-7-3-4-8-21(20)16-24/h3-5,7-9,11,17-18,23-24H,6,10,12-16,19H2,1-2H3. The lowest BCUT2D eigenvalue weighted by Crippen LogP contribution is -2.42. The molecule has 1 aliphatic heterocycles. The molecule has 1 unspecified atom stereocenters. The van der Waals surface area contributed by atoms with Gasteiger partial charge in [0.1, 0.15) is 5.75 Å². The van der Waals surface area contributed by atoms with Crippen LogP contribution in [0.3, 0.4) is 0 Å². The molecule has 2 aliphatic rings. The quantitative estimate of drug-likeness (QED) is 0.252. The Labute approximate surface area is 206 Å². The van der Waals surface area contributed by atoms with Gasteiger partial charge in [0, 0.05) is 43.1 Å². The number of thioether (sulfide) groups is 1. The third-order valence-electron chi connectivity index (χ3n) is 7.08. The smallest absolute Gasteiger partial charge is 0.187 e. The van der Waals surface area contributed by atoms with Gasteiger partial charge < -0.3 is 9.47 Å². The maximum absolute atomic E-state index is 5.50. The second-order valence-electron chi connectivity index (χ2n) is 9.19. The number of piperidine rings is 1. The van der Waals surface area contributed by atoms with Crippen LogP contribution in [0.1, 0.15) is 35.6 Å². The number of hydrogen-bond acceptors (Lipinski definition) is 6. The summed E-state index contributed by atoms with van der Waals surface area (Å²) in [5.41, 5.74) is 6.45. The van der Waals surface area contributed by atoms with E-state index < -0.39 is 0 Å². The van der Waals surface area contributed by atoms with E-state index in [1.54, 1.807) is 26.0 Å². The zero-order valence-electron chi connectivity index (χ0n) is 20.1. The van der Waals surface area contributed by atoms with Crippen LogP contribution in [-0.2, 0) is 17.6 Å². The highest BCUT2D eigenvalue weighted by Crippen LogP contribution is 2.37. The van der Waals surface area contributed by atoms with E-state index in [4.69, 9.17) is 19.4 Å². The number of aromatic nitrogens is 2. The SMILES string of the molecule is COCCSc1ncc(-c2cccc(OC)c2)c(C2CCCN(C3Cc4ccccc4C3)C2)n1. The van der Waals surface area contributed by atoms with Crippen LogP contribution in [0.4, 0.5) is 0 Å². The van der Waals surface area contributed by atoms with Gasteiger partial charge in [0.25, 0.3) is 0 Å². The van der Waals surface area contributed by atoms with Gasteiger partial charge in [0.2, 0.25) is 0 Å². The summed E-state index contributed by atoms with van der Waals surface area (Å²) in [6.45, 7) is 2.92. The monoisotopic (exact) mass is 475 g/mol. The molecule has 6 heteroatoms. The molecule has 2 heterocycles. The topological polar surface area (TPSA) is 47.5 Å². The van der Waals surface area contributed by atoms with Gasteiger partial charge in [0.15, 0.2) is 5.16 Å². The molecule has 1 aliphatic carbocycles. The zero-order chi connectivity index (χ0) is 23.3. The Kier molecular flexibility index (Phi) is 7.48. The molecular weight excluding hydrogens is 442 g/mol. The molecule has 0 N–H and O–H groups in total. The molecule has 178 valence electrons. The van der Waals surface area contributed by atoms with Crippen molar-refractivity contribution in [3.05, 3.63) is 71.5 Å². The molecule has 5 rings (SSSR count). The van der Waals surface area contributed by atoms with E-state index in [1.807, 2.05) is 18.3 Å². The first-order chi connectivity index (χ1) is 16.7. The van der Waals surface area contributed by atoms with Crippen LogP contribution in [0, 0.1) is 0 Å². The third kappa shape index (κ3) is 5.14. The molecule has 2 aromatic carbocycles. The zero-order valence-corrected chi connectivity index (χ0v) is 20.9. The number of likely N-dealkylation sites (tertiary alicyclic amines) is 1. The van der Waals surface area contributed by atoms with Gasteiger partial charge in [-0.3, -0.25) is 4.90 Å². The lowest BCUT2D eigenvalue weighted by atomic mass is 9.89. The number of ether oxygens (including phenoxy) is 2. The first-order valence-corrected chi connectivity index (χ1v) is 13.2. The summed E-state index contributed by atoms with van der Waals surface area (Å²) in [5, 5.41) is 0.837. The van der Waals surface area contributed by atoms with E-state index in [-0.39, 0.29) is 0 Å². The molecule has 5 nitrogen and oxygen atoms in total. The summed E-state index contributed by atoms with van der Waals surface area (Å²) in [5.74, 6) is 2.10. The normalized spacial score (nSPS) is 18.7. The highest BCUT2D eigenvalue weighted by molar-refractivity contribution is 7.99. The van der Waals surface area contributed by atoms with Crippen LogP contribution in [0.15, 0.2) is 59.9 Å². The average Bonchev–Trinajstić information content (AvgIpc) is 3.33. The number of methoxy groups -OCH3 is 2. The molecule has 0 amide bonds. The Morgan fingerprint density at radius 1 is 1.06 bits per heavy atom. The maximum atomic E-state index is 5.50. The predicted octanol–water partition coefficient (Wildman–Crippen LogP) is 5.24. The van der Waals surface area contributed by atoms with Crippen LogP contribution in [0.25, 0.3) is 11.1 Å². The second-order valence-corrected chi connectivity index (χ2v) is 10.3. The number of rotatable bonds is 8. The largest absolute Gasteiger partial charge is 0.497 e. The fourth-order valence-corrected chi connectivity index (χ4v) is 6.07. The molecule has 0 radical (unpaired) electrons. The van der Waals surface area contributed by atoms with Crippen LogP contribution >= 0.6 is 11.8 Å². The highest BCUT2D eigenvalue weighted by Gasteiger charge is 2.32. The van der Waals surface area contributed by atoms with Crippen LogP contribution in [-0.4, -0.2) is 60.6 Å². The van der Waals surface area contributed by atoms with Gasteiger partial charge in [0.05, 0.1) is 19.4 Å². The van der Waals surface area contributed by atoms with Crippen LogP contribution in [0.5, 0.6) is 5.75 Å². The van der Waals surface area contributed by atoms with Crippen molar-refractivity contribution in [2.24, 2.45) is 0 Å². The van der Waals surface area contributed by atoms with Crippen molar-refractivity contribution < 1.29 is 9.47 Å². The first kappa shape index (κ1) is 23.3. The van der Waals surface area contributed by atoms with E-state index in [0.717, 1.165) is 53.6 Å². The van der Waals surface area contributed by atoms with Gasteiger partial charge in [-0.1, -0.05) is 48.2 Å². The molecule has 0 saturated carbocycles. The molecule has 1 aromatic heterocycles. The average molecular weight is 476 g/mol. The second kappa shape index (κ2) is 10.9. The minimum absolute atomic E-state index is 0.392. The van der Waals surface area contributed by atoms with E-state index >= 15 is 0 Å². The number of fused-ring (bicyclic) bond motifs is 1. The lowest BCUT2D eigenvalue weighted by Gasteiger charge is -2.37. The minimum Gasteiger partial charge on any atom is -0.497 e. The van der Waals surface area contributed by atoms with Crippen molar-refractivity contribution in [3.8, 4) is 16.9 Å². The van der Waals surface area contributed by atoms with E-state index in [0.29, 0.717) is 18.6 Å². The van der Waals surface area contributed by atoms with E-state index in [2.05, 4.69) is 41.3 Å². The van der Waals surface area contributed by atoms with Gasteiger partial charge in [-0.15, -0.1) is 0 Å². The van der Waals surface area contributed by atoms with Crippen LogP contribution in [0.2, 0.25) is 0 Å². The molecule has 3 aromatic rings. The van der Waals surface area contributed by atoms with Crippen molar-refractivity contribution in [1.82, 2.24) is 14.9 Å². The Morgan fingerprint density at radius 3 is 2.65 bits per heavy atom. The molecule has 1 atom stereocenters. The number of nitrogens with zero attached hydrogens (tertiary/aromatic N) is 3. The Balaban J connectivity index is 1.42. The highest BCUT2D eigenvalue weighted by atomic mass is 32.2. The number of benzene rings is 2. The fraction of sp³-hybridized carbons (Fsp3) is 0.429. The van der Waals surface area contributed by atoms with Crippen molar-refractivity contribution >= 4 is 11.8 Å². The summed E-state index contributed by atoms with van der Waals surface area (Å²) in [4.78, 5) is 12.5. The first-order valence-electron chi connectivity index (χ1n) is 12.2. The molecule has 34 heavy (non-hydrogen) atoms. The Hall–Kier alpha value is -2.41.